The van der Waals surface area contributed by atoms with E-state index in [0.29, 0.717) is 6.54 Å². The van der Waals surface area contributed by atoms with Crippen LogP contribution < -0.4 is 10.6 Å². The zero-order valence-electron chi connectivity index (χ0n) is 11.7. The zero-order valence-corrected chi connectivity index (χ0v) is 11.7. The van der Waals surface area contributed by atoms with Gasteiger partial charge in [-0.1, -0.05) is 6.92 Å². The van der Waals surface area contributed by atoms with Gasteiger partial charge in [0.2, 0.25) is 5.95 Å². The van der Waals surface area contributed by atoms with E-state index in [0.717, 1.165) is 57.2 Å². The van der Waals surface area contributed by atoms with Crippen LogP contribution in [0.1, 0.15) is 30.3 Å². The monoisotopic (exact) mass is 261 g/mol. The molecule has 1 aromatic rings. The molecule has 19 heavy (non-hydrogen) atoms. The Morgan fingerprint density at radius 3 is 2.58 bits per heavy atom. The molecule has 0 radical (unpaired) electrons. The van der Waals surface area contributed by atoms with Crippen molar-refractivity contribution in [1.29, 1.82) is 0 Å². The Morgan fingerprint density at radius 2 is 1.89 bits per heavy atom. The Balaban J connectivity index is 1.82. The molecule has 5 nitrogen and oxygen atoms in total. The van der Waals surface area contributed by atoms with E-state index in [1.807, 2.05) is 0 Å². The Bertz CT molecular complexity index is 451. The maximum atomic E-state index is 5.85. The molecule has 1 saturated heterocycles. The smallest absolute Gasteiger partial charge is 0.225 e. The molecular formula is C14H23N5. The summed E-state index contributed by atoms with van der Waals surface area (Å²) >= 11 is 0. The van der Waals surface area contributed by atoms with Gasteiger partial charge in [-0.2, -0.15) is 0 Å². The summed E-state index contributed by atoms with van der Waals surface area (Å²) in [5, 5.41) is 0. The van der Waals surface area contributed by atoms with Gasteiger partial charge in [-0.25, -0.2) is 9.97 Å². The van der Waals surface area contributed by atoms with Gasteiger partial charge in [0.15, 0.2) is 0 Å². The molecule has 0 amide bonds. The summed E-state index contributed by atoms with van der Waals surface area (Å²) in [7, 11) is 0. The van der Waals surface area contributed by atoms with E-state index in [1.54, 1.807) is 0 Å². The van der Waals surface area contributed by atoms with Crippen molar-refractivity contribution in [1.82, 2.24) is 14.9 Å². The van der Waals surface area contributed by atoms with Crippen LogP contribution in [0.25, 0.3) is 0 Å². The SMILES string of the molecule is CCN1CCN(c2nc(CN)c3c(n2)CCC3)CC1. The summed E-state index contributed by atoms with van der Waals surface area (Å²) in [6, 6.07) is 0. The van der Waals surface area contributed by atoms with Gasteiger partial charge in [-0.15, -0.1) is 0 Å². The highest BCUT2D eigenvalue weighted by molar-refractivity contribution is 5.39. The van der Waals surface area contributed by atoms with Crippen molar-refractivity contribution in [2.75, 3.05) is 37.6 Å². The lowest BCUT2D eigenvalue weighted by Gasteiger charge is -2.34. The molecule has 2 heterocycles. The second kappa shape index (κ2) is 5.43. The van der Waals surface area contributed by atoms with Gasteiger partial charge in [0.1, 0.15) is 0 Å². The van der Waals surface area contributed by atoms with Crippen molar-refractivity contribution >= 4 is 5.95 Å². The lowest BCUT2D eigenvalue weighted by atomic mass is 10.2. The third-order valence-electron chi connectivity index (χ3n) is 4.30. The number of nitrogens with zero attached hydrogens (tertiary/aromatic N) is 4. The fraction of sp³-hybridized carbons (Fsp3) is 0.714. The number of hydrogen-bond acceptors (Lipinski definition) is 5. The van der Waals surface area contributed by atoms with Gasteiger partial charge >= 0.3 is 0 Å². The molecule has 2 aliphatic rings. The van der Waals surface area contributed by atoms with Crippen LogP contribution >= 0.6 is 0 Å². The number of fused-ring (bicyclic) bond motifs is 1. The Hall–Kier alpha value is -1.20. The van der Waals surface area contributed by atoms with Crippen molar-refractivity contribution in [3.8, 4) is 0 Å². The molecule has 0 unspecified atom stereocenters. The van der Waals surface area contributed by atoms with Crippen LogP contribution in [0.3, 0.4) is 0 Å². The fourth-order valence-corrected chi connectivity index (χ4v) is 3.07. The molecular weight excluding hydrogens is 238 g/mol. The maximum Gasteiger partial charge on any atom is 0.225 e. The van der Waals surface area contributed by atoms with E-state index < -0.39 is 0 Å². The molecule has 1 aliphatic carbocycles. The number of likely N-dealkylation sites (N-methyl/N-ethyl adjacent to an activating group) is 1. The van der Waals surface area contributed by atoms with Crippen LogP contribution in [0.15, 0.2) is 0 Å². The van der Waals surface area contributed by atoms with Crippen molar-refractivity contribution in [3.63, 3.8) is 0 Å². The summed E-state index contributed by atoms with van der Waals surface area (Å²) in [5.74, 6) is 0.900. The van der Waals surface area contributed by atoms with E-state index in [4.69, 9.17) is 15.7 Å². The first kappa shape index (κ1) is 12.8. The van der Waals surface area contributed by atoms with Crippen LogP contribution in [0.5, 0.6) is 0 Å². The molecule has 1 aliphatic heterocycles. The molecule has 0 saturated carbocycles. The van der Waals surface area contributed by atoms with Gasteiger partial charge < -0.3 is 15.5 Å². The van der Waals surface area contributed by atoms with Gasteiger partial charge in [-0.05, 0) is 31.4 Å². The van der Waals surface area contributed by atoms with Gasteiger partial charge in [-0.3, -0.25) is 0 Å². The molecule has 3 rings (SSSR count). The number of rotatable bonds is 3. The minimum Gasteiger partial charge on any atom is -0.338 e. The summed E-state index contributed by atoms with van der Waals surface area (Å²) in [4.78, 5) is 14.3. The minimum absolute atomic E-state index is 0.535. The predicted octanol–water partition coefficient (Wildman–Crippen LogP) is 0.566. The maximum absolute atomic E-state index is 5.85. The number of piperazine rings is 1. The molecule has 2 N–H and O–H groups in total. The quantitative estimate of drug-likeness (QED) is 0.862. The Morgan fingerprint density at radius 1 is 1.11 bits per heavy atom. The molecule has 1 aromatic heterocycles. The first-order valence-corrected chi connectivity index (χ1v) is 7.38. The molecule has 5 heteroatoms. The average molecular weight is 261 g/mol. The van der Waals surface area contributed by atoms with Crippen LogP contribution in [-0.4, -0.2) is 47.6 Å². The minimum atomic E-state index is 0.535. The summed E-state index contributed by atoms with van der Waals surface area (Å²) < 4.78 is 0. The lowest BCUT2D eigenvalue weighted by molar-refractivity contribution is 0.269. The van der Waals surface area contributed by atoms with Crippen LogP contribution in [0.2, 0.25) is 0 Å². The molecule has 0 atom stereocenters. The topological polar surface area (TPSA) is 58.3 Å². The van der Waals surface area contributed by atoms with Gasteiger partial charge in [0.05, 0.1) is 5.69 Å². The molecule has 0 spiro atoms. The number of anilines is 1. The normalized spacial score (nSPS) is 19.8. The van der Waals surface area contributed by atoms with Gasteiger partial charge in [0, 0.05) is 38.4 Å². The van der Waals surface area contributed by atoms with E-state index in [-0.39, 0.29) is 0 Å². The van der Waals surface area contributed by atoms with E-state index in [2.05, 4.69) is 16.7 Å². The van der Waals surface area contributed by atoms with Crippen molar-refractivity contribution in [3.05, 3.63) is 17.0 Å². The number of aryl methyl sites for hydroxylation is 1. The predicted molar refractivity (Wildman–Crippen MR) is 76.3 cm³/mol. The molecule has 104 valence electrons. The lowest BCUT2D eigenvalue weighted by Crippen LogP contribution is -2.47. The largest absolute Gasteiger partial charge is 0.338 e. The second-order valence-electron chi connectivity index (χ2n) is 5.37. The third-order valence-corrected chi connectivity index (χ3v) is 4.30. The van der Waals surface area contributed by atoms with E-state index in [9.17, 15) is 0 Å². The average Bonchev–Trinajstić information content (AvgIpc) is 2.94. The first-order valence-electron chi connectivity index (χ1n) is 7.38. The van der Waals surface area contributed by atoms with Crippen LogP contribution in [0, 0.1) is 0 Å². The van der Waals surface area contributed by atoms with Gasteiger partial charge in [0.25, 0.3) is 0 Å². The van der Waals surface area contributed by atoms with Crippen molar-refractivity contribution in [2.45, 2.75) is 32.7 Å². The summed E-state index contributed by atoms with van der Waals surface area (Å²) in [5.41, 5.74) is 9.47. The molecule has 1 fully saturated rings. The van der Waals surface area contributed by atoms with Crippen LogP contribution in [-0.2, 0) is 19.4 Å². The summed E-state index contributed by atoms with van der Waals surface area (Å²) in [6.07, 6.45) is 3.39. The first-order chi connectivity index (χ1) is 9.31. The summed E-state index contributed by atoms with van der Waals surface area (Å²) in [6.45, 7) is 8.14. The van der Waals surface area contributed by atoms with E-state index >= 15 is 0 Å². The molecule has 0 bridgehead atoms. The third kappa shape index (κ3) is 2.44. The number of aromatic nitrogens is 2. The number of hydrogen-bond donors (Lipinski definition) is 1. The Labute approximate surface area is 114 Å². The van der Waals surface area contributed by atoms with Crippen LogP contribution in [0.4, 0.5) is 5.95 Å². The standard InChI is InChI=1S/C14H23N5/c1-2-18-6-8-19(9-7-18)14-16-12-5-3-4-11(12)13(10-15)17-14/h2-10,15H2,1H3. The highest BCUT2D eigenvalue weighted by atomic mass is 15.3. The van der Waals surface area contributed by atoms with Crippen molar-refractivity contribution < 1.29 is 0 Å². The second-order valence-corrected chi connectivity index (χ2v) is 5.37. The van der Waals surface area contributed by atoms with Crippen molar-refractivity contribution in [2.24, 2.45) is 5.73 Å². The highest BCUT2D eigenvalue weighted by Gasteiger charge is 2.23. The Kier molecular flexibility index (Phi) is 3.66. The fourth-order valence-electron chi connectivity index (χ4n) is 3.07. The molecule has 0 aromatic carbocycles. The number of nitrogens with two attached hydrogens (primary N) is 1. The van der Waals surface area contributed by atoms with E-state index in [1.165, 1.54) is 17.7 Å². The zero-order chi connectivity index (χ0) is 13.2. The highest BCUT2D eigenvalue weighted by Crippen LogP contribution is 2.25.